The highest BCUT2D eigenvalue weighted by Crippen LogP contribution is 2.44. The van der Waals surface area contributed by atoms with Crippen molar-refractivity contribution in [2.45, 2.75) is 68.5 Å². The van der Waals surface area contributed by atoms with Crippen LogP contribution in [0.5, 0.6) is 0 Å². The Labute approximate surface area is 206 Å². The topological polar surface area (TPSA) is 129 Å². The van der Waals surface area contributed by atoms with Crippen molar-refractivity contribution >= 4 is 40.3 Å². The van der Waals surface area contributed by atoms with Gasteiger partial charge in [0.15, 0.2) is 22.1 Å². The van der Waals surface area contributed by atoms with Gasteiger partial charge in [-0.2, -0.15) is 0 Å². The maximum atomic E-state index is 10.6. The number of benzene rings is 1. The van der Waals surface area contributed by atoms with Crippen molar-refractivity contribution in [1.29, 1.82) is 0 Å². The minimum absolute atomic E-state index is 0.198. The lowest BCUT2D eigenvalue weighted by Gasteiger charge is -2.17. The summed E-state index contributed by atoms with van der Waals surface area (Å²) in [5.41, 5.74) is 3.30. The summed E-state index contributed by atoms with van der Waals surface area (Å²) in [5.74, 6) is 1.41. The number of hydrogen-bond donors (Lipinski definition) is 4. The molecule has 2 aromatic heterocycles. The molecule has 0 aliphatic heterocycles. The van der Waals surface area contributed by atoms with Crippen LogP contribution >= 0.6 is 23.4 Å². The number of nitrogens with one attached hydrogen (secondary N) is 1. The van der Waals surface area contributed by atoms with Crippen molar-refractivity contribution < 1.29 is 15.3 Å². The lowest BCUT2D eigenvalue weighted by atomic mass is 10.1. The molecule has 0 radical (unpaired) electrons. The zero-order valence-electron chi connectivity index (χ0n) is 19.1. The Morgan fingerprint density at radius 2 is 2.03 bits per heavy atom. The van der Waals surface area contributed by atoms with E-state index < -0.39 is 24.2 Å². The van der Waals surface area contributed by atoms with Crippen LogP contribution in [0.15, 0.2) is 23.4 Å². The van der Waals surface area contributed by atoms with E-state index in [1.165, 1.54) is 5.56 Å². The molecule has 2 saturated carbocycles. The molecule has 1 aromatic carbocycles. The van der Waals surface area contributed by atoms with Gasteiger partial charge in [-0.3, -0.25) is 0 Å². The van der Waals surface area contributed by atoms with Gasteiger partial charge >= 0.3 is 0 Å². The molecule has 4 N–H and O–H groups in total. The first-order valence-electron chi connectivity index (χ1n) is 11.7. The molecule has 11 heteroatoms. The number of rotatable bonds is 8. The van der Waals surface area contributed by atoms with Crippen molar-refractivity contribution in [3.63, 3.8) is 0 Å². The lowest BCUT2D eigenvalue weighted by Crippen LogP contribution is -2.30. The van der Waals surface area contributed by atoms with Crippen molar-refractivity contribution in [2.24, 2.45) is 5.92 Å². The van der Waals surface area contributed by atoms with Gasteiger partial charge in [0.25, 0.3) is 0 Å². The molecule has 2 aliphatic carbocycles. The maximum absolute atomic E-state index is 10.6. The van der Waals surface area contributed by atoms with Gasteiger partial charge < -0.3 is 20.6 Å². The minimum atomic E-state index is -1.06. The number of fused-ring (bicyclic) bond motifs is 1. The highest BCUT2D eigenvalue weighted by atomic mass is 35.5. The van der Waals surface area contributed by atoms with E-state index in [4.69, 9.17) is 21.6 Å². The third kappa shape index (κ3) is 4.37. The van der Waals surface area contributed by atoms with Gasteiger partial charge in [-0.1, -0.05) is 47.6 Å². The normalized spacial score (nSPS) is 28.5. The summed E-state index contributed by atoms with van der Waals surface area (Å²) >= 11 is 7.89. The summed E-state index contributed by atoms with van der Waals surface area (Å²) in [4.78, 5) is 9.42. The number of anilines is 1. The fourth-order valence-electron chi connectivity index (χ4n) is 4.65. The van der Waals surface area contributed by atoms with Gasteiger partial charge in [-0.25, -0.2) is 14.6 Å². The molecular formula is C23H29ClN6O3S. The second kappa shape index (κ2) is 9.58. The van der Waals surface area contributed by atoms with E-state index >= 15 is 0 Å². The summed E-state index contributed by atoms with van der Waals surface area (Å²) in [6.07, 6.45) is 0.259. The van der Waals surface area contributed by atoms with Gasteiger partial charge in [0, 0.05) is 35.3 Å². The molecule has 2 heterocycles. The first-order chi connectivity index (χ1) is 16.4. The van der Waals surface area contributed by atoms with E-state index in [2.05, 4.69) is 28.6 Å². The summed E-state index contributed by atoms with van der Waals surface area (Å²) in [6.45, 7) is 3.89. The number of aliphatic hydroxyl groups is 3. The van der Waals surface area contributed by atoms with Gasteiger partial charge in [0.05, 0.1) is 12.1 Å². The van der Waals surface area contributed by atoms with Crippen molar-refractivity contribution in [2.75, 3.05) is 17.7 Å². The number of nitrogens with zero attached hydrogens (tertiary/aromatic N) is 5. The molecule has 34 heavy (non-hydrogen) atoms. The van der Waals surface area contributed by atoms with Crippen molar-refractivity contribution in [1.82, 2.24) is 25.0 Å². The zero-order valence-corrected chi connectivity index (χ0v) is 20.7. The van der Waals surface area contributed by atoms with Crippen LogP contribution in [0.2, 0.25) is 5.02 Å². The Kier molecular flexibility index (Phi) is 6.69. The van der Waals surface area contributed by atoms with E-state index in [-0.39, 0.29) is 12.6 Å². The smallest absolute Gasteiger partial charge is 0.191 e. The first kappa shape index (κ1) is 23.7. The number of aromatic nitrogens is 5. The zero-order chi connectivity index (χ0) is 24.0. The Morgan fingerprint density at radius 3 is 2.74 bits per heavy atom. The van der Waals surface area contributed by atoms with Crippen molar-refractivity contribution in [3.05, 3.63) is 34.3 Å². The number of halogens is 1. The molecule has 0 amide bonds. The molecule has 9 nitrogen and oxygen atoms in total. The summed E-state index contributed by atoms with van der Waals surface area (Å²) < 4.78 is 1.58. The minimum Gasteiger partial charge on any atom is -0.396 e. The molecule has 3 aromatic rings. The molecule has 0 saturated heterocycles. The molecule has 0 spiro atoms. The van der Waals surface area contributed by atoms with Gasteiger partial charge in [-0.15, -0.1) is 5.10 Å². The molecule has 2 fully saturated rings. The van der Waals surface area contributed by atoms with Crippen LogP contribution in [-0.2, 0) is 0 Å². The van der Waals surface area contributed by atoms with Crippen LogP contribution in [0, 0.1) is 12.8 Å². The monoisotopic (exact) mass is 504 g/mol. The van der Waals surface area contributed by atoms with Crippen LogP contribution in [-0.4, -0.2) is 70.9 Å². The number of hydrogen-bond acceptors (Lipinski definition) is 9. The third-order valence-electron chi connectivity index (χ3n) is 6.80. The number of aryl methyl sites for hydroxylation is 1. The highest BCUT2D eigenvalue weighted by molar-refractivity contribution is 7.99. The quantitative estimate of drug-likeness (QED) is 0.270. The van der Waals surface area contributed by atoms with Gasteiger partial charge in [-0.05, 0) is 43.4 Å². The predicted octanol–water partition coefficient (Wildman–Crippen LogP) is 2.93. The summed E-state index contributed by atoms with van der Waals surface area (Å²) in [5, 5.41) is 44.0. The highest BCUT2D eigenvalue weighted by Gasteiger charge is 2.44. The van der Waals surface area contributed by atoms with E-state index in [1.54, 1.807) is 16.4 Å². The second-order valence-corrected chi connectivity index (χ2v) is 10.7. The van der Waals surface area contributed by atoms with Crippen LogP contribution in [0.4, 0.5) is 5.82 Å². The Bertz CT molecular complexity index is 1190. The Balaban J connectivity index is 1.45. The molecular weight excluding hydrogens is 476 g/mol. The van der Waals surface area contributed by atoms with Gasteiger partial charge in [0.1, 0.15) is 6.10 Å². The molecule has 5 rings (SSSR count). The lowest BCUT2D eigenvalue weighted by molar-refractivity contribution is -0.00512. The maximum Gasteiger partial charge on any atom is 0.191 e. The Hall–Kier alpha value is -1.98. The van der Waals surface area contributed by atoms with Crippen LogP contribution in [0.25, 0.3) is 11.2 Å². The van der Waals surface area contributed by atoms with Crippen LogP contribution in [0.1, 0.15) is 49.3 Å². The largest absolute Gasteiger partial charge is 0.396 e. The molecule has 2 aliphatic rings. The molecule has 2 unspecified atom stereocenters. The summed E-state index contributed by atoms with van der Waals surface area (Å²) in [7, 11) is 0. The average molecular weight is 505 g/mol. The third-order valence-corrected chi connectivity index (χ3v) is 8.26. The number of thioether (sulfide) groups is 1. The van der Waals surface area contributed by atoms with Crippen LogP contribution < -0.4 is 5.32 Å². The summed E-state index contributed by atoms with van der Waals surface area (Å²) in [6, 6.07) is 5.87. The molecule has 182 valence electrons. The molecule has 0 bridgehead atoms. The standard InChI is InChI=1S/C23H29ClN6O3S/c1-3-6-34-23-26-21(25-16-9-14(16)12-5-4-11(2)15(24)7-12)18-22(27-23)30(29-28-18)17-8-13(10-31)19(32)20(17)33/h4-5,7,13-14,16-17,19-20,31-33H,3,6,8-10H2,1-2H3,(H,25,26,27)/t13-,14?,16?,17-,19-,20+/m1/s1. The van der Waals surface area contributed by atoms with E-state index in [1.807, 2.05) is 19.1 Å². The van der Waals surface area contributed by atoms with Crippen LogP contribution in [0.3, 0.4) is 0 Å². The SMILES string of the molecule is CCCSc1nc(NC2CC2c2ccc(C)c(Cl)c2)c2nnn([C@@H]3C[C@H](CO)[C@@H](O)[C@H]3O)c2n1. The predicted molar refractivity (Wildman–Crippen MR) is 131 cm³/mol. The van der Waals surface area contributed by atoms with E-state index in [0.29, 0.717) is 34.5 Å². The Morgan fingerprint density at radius 1 is 1.21 bits per heavy atom. The fourth-order valence-corrected chi connectivity index (χ4v) is 5.54. The first-order valence-corrected chi connectivity index (χ1v) is 13.0. The average Bonchev–Trinajstić information content (AvgIpc) is 3.37. The van der Waals surface area contributed by atoms with E-state index in [9.17, 15) is 15.3 Å². The number of aliphatic hydroxyl groups excluding tert-OH is 3. The fraction of sp³-hybridized carbons (Fsp3) is 0.565. The molecule has 6 atom stereocenters. The van der Waals surface area contributed by atoms with Crippen molar-refractivity contribution in [3.8, 4) is 0 Å². The van der Waals surface area contributed by atoms with Gasteiger partial charge in [0.2, 0.25) is 0 Å². The van der Waals surface area contributed by atoms with E-state index in [0.717, 1.165) is 29.2 Å². The second-order valence-electron chi connectivity index (χ2n) is 9.24.